The molecule has 0 radical (unpaired) electrons. The fourth-order valence-electron chi connectivity index (χ4n) is 1.85. The lowest BCUT2D eigenvalue weighted by Gasteiger charge is -2.24. The molecule has 1 N–H and O–H groups in total. The molecule has 0 bridgehead atoms. The first-order valence-corrected chi connectivity index (χ1v) is 6.59. The molecule has 1 unspecified atom stereocenters. The first-order valence-electron chi connectivity index (χ1n) is 6.21. The Balaban J connectivity index is 2.76. The molecule has 0 saturated carbocycles. The van der Waals surface area contributed by atoms with Gasteiger partial charge in [0, 0.05) is 18.1 Å². The number of likely N-dealkylation sites (N-methyl/N-ethyl adjacent to an activating group) is 1. The molecule has 5 heteroatoms. The summed E-state index contributed by atoms with van der Waals surface area (Å²) in [5, 5.41) is 9.26. The number of nitrogens with zero attached hydrogens (tertiary/aromatic N) is 1. The van der Waals surface area contributed by atoms with Crippen molar-refractivity contribution in [3.63, 3.8) is 0 Å². The minimum absolute atomic E-state index is 0.0398. The van der Waals surface area contributed by atoms with Crippen molar-refractivity contribution < 1.29 is 14.7 Å². The number of carboxylic acids is 1. The highest BCUT2D eigenvalue weighted by Gasteiger charge is 2.21. The van der Waals surface area contributed by atoms with Crippen molar-refractivity contribution in [2.75, 3.05) is 13.1 Å². The number of hydrogen-bond donors (Lipinski definition) is 1. The van der Waals surface area contributed by atoms with Gasteiger partial charge in [-0.05, 0) is 31.5 Å². The summed E-state index contributed by atoms with van der Waals surface area (Å²) in [6, 6.07) is 7.16. The summed E-state index contributed by atoms with van der Waals surface area (Å²) < 4.78 is 0. The minimum atomic E-state index is -0.901. The van der Waals surface area contributed by atoms with Gasteiger partial charge in [0.15, 0.2) is 0 Å². The number of hydrogen-bond acceptors (Lipinski definition) is 2. The topological polar surface area (TPSA) is 57.6 Å². The maximum atomic E-state index is 12.3. The monoisotopic (exact) mass is 283 g/mol. The highest BCUT2D eigenvalue weighted by molar-refractivity contribution is 6.30. The number of rotatable bonds is 6. The van der Waals surface area contributed by atoms with Crippen LogP contribution in [0.5, 0.6) is 0 Å². The van der Waals surface area contributed by atoms with Gasteiger partial charge in [0.05, 0.1) is 12.3 Å². The van der Waals surface area contributed by atoms with Crippen LogP contribution in [0, 0.1) is 0 Å². The van der Waals surface area contributed by atoms with Gasteiger partial charge in [-0.15, -0.1) is 0 Å². The molecule has 0 aliphatic heterocycles. The van der Waals surface area contributed by atoms with Crippen molar-refractivity contribution in [1.82, 2.24) is 4.90 Å². The molecule has 0 aliphatic carbocycles. The number of amides is 1. The molecular weight excluding hydrogens is 266 g/mol. The molecule has 0 saturated heterocycles. The molecule has 1 rings (SSSR count). The van der Waals surface area contributed by atoms with E-state index in [0.717, 1.165) is 5.56 Å². The molecular formula is C14H18ClNO3. The van der Waals surface area contributed by atoms with Gasteiger partial charge in [0.2, 0.25) is 5.91 Å². The zero-order valence-electron chi connectivity index (χ0n) is 11.1. The summed E-state index contributed by atoms with van der Waals surface area (Å²) >= 11 is 5.91. The maximum Gasteiger partial charge on any atom is 0.305 e. The van der Waals surface area contributed by atoms with Gasteiger partial charge < -0.3 is 10.0 Å². The van der Waals surface area contributed by atoms with E-state index in [1.54, 1.807) is 30.0 Å². The van der Waals surface area contributed by atoms with Crippen LogP contribution < -0.4 is 0 Å². The Morgan fingerprint density at radius 1 is 1.42 bits per heavy atom. The zero-order valence-corrected chi connectivity index (χ0v) is 11.9. The van der Waals surface area contributed by atoms with Crippen molar-refractivity contribution >= 4 is 23.5 Å². The Labute approximate surface area is 118 Å². The van der Waals surface area contributed by atoms with Crippen LogP contribution in [0.1, 0.15) is 31.7 Å². The Morgan fingerprint density at radius 3 is 2.63 bits per heavy atom. The van der Waals surface area contributed by atoms with Crippen molar-refractivity contribution in [1.29, 1.82) is 0 Å². The third-order valence-corrected chi connectivity index (χ3v) is 3.24. The van der Waals surface area contributed by atoms with Gasteiger partial charge in [0.25, 0.3) is 0 Å². The largest absolute Gasteiger partial charge is 0.481 e. The molecule has 1 aromatic rings. The van der Waals surface area contributed by atoms with Crippen molar-refractivity contribution in [2.45, 2.75) is 26.2 Å². The van der Waals surface area contributed by atoms with E-state index < -0.39 is 5.97 Å². The molecule has 1 amide bonds. The highest BCUT2D eigenvalue weighted by atomic mass is 35.5. The summed E-state index contributed by atoms with van der Waals surface area (Å²) in [6.07, 6.45) is -0.0398. The van der Waals surface area contributed by atoms with E-state index in [-0.39, 0.29) is 24.8 Å². The van der Waals surface area contributed by atoms with Crippen molar-refractivity contribution in [3.8, 4) is 0 Å². The molecule has 1 aromatic carbocycles. The van der Waals surface area contributed by atoms with Gasteiger partial charge in [0.1, 0.15) is 0 Å². The average Bonchev–Trinajstić information content (AvgIpc) is 2.38. The molecule has 0 spiro atoms. The zero-order chi connectivity index (χ0) is 14.4. The Bertz CT molecular complexity index is 462. The SMILES string of the molecule is CCN(CCC(=O)O)C(=O)C(C)c1cccc(Cl)c1. The second kappa shape index (κ2) is 7.14. The molecule has 0 aliphatic rings. The van der Waals surface area contributed by atoms with Crippen molar-refractivity contribution in [2.24, 2.45) is 0 Å². The number of carbonyl (C=O) groups excluding carboxylic acids is 1. The summed E-state index contributed by atoms with van der Waals surface area (Å²) in [5.41, 5.74) is 0.839. The van der Waals surface area contributed by atoms with Crippen LogP contribution in [0.25, 0.3) is 0 Å². The first-order chi connectivity index (χ1) is 8.95. The molecule has 4 nitrogen and oxygen atoms in total. The van der Waals surface area contributed by atoms with Crippen molar-refractivity contribution in [3.05, 3.63) is 34.9 Å². The van der Waals surface area contributed by atoms with Crippen LogP contribution in [0.15, 0.2) is 24.3 Å². The third-order valence-electron chi connectivity index (χ3n) is 3.01. The first kappa shape index (κ1) is 15.5. The minimum Gasteiger partial charge on any atom is -0.481 e. The highest BCUT2D eigenvalue weighted by Crippen LogP contribution is 2.21. The van der Waals surface area contributed by atoms with E-state index in [1.807, 2.05) is 13.0 Å². The van der Waals surface area contributed by atoms with Gasteiger partial charge >= 0.3 is 5.97 Å². The number of carbonyl (C=O) groups is 2. The number of halogens is 1. The van der Waals surface area contributed by atoms with Gasteiger partial charge in [-0.1, -0.05) is 23.7 Å². The summed E-state index contributed by atoms with van der Waals surface area (Å²) in [5.74, 6) is -1.31. The summed E-state index contributed by atoms with van der Waals surface area (Å²) in [7, 11) is 0. The molecule has 104 valence electrons. The Morgan fingerprint density at radius 2 is 2.11 bits per heavy atom. The Kier molecular flexibility index (Phi) is 5.83. The van der Waals surface area contributed by atoms with Gasteiger partial charge in [-0.25, -0.2) is 0 Å². The van der Waals surface area contributed by atoms with E-state index in [0.29, 0.717) is 11.6 Å². The third kappa shape index (κ3) is 4.56. The van der Waals surface area contributed by atoms with Crippen LogP contribution in [-0.2, 0) is 9.59 Å². The van der Waals surface area contributed by atoms with Gasteiger partial charge in [-0.2, -0.15) is 0 Å². The van der Waals surface area contributed by atoms with E-state index in [9.17, 15) is 9.59 Å². The quantitative estimate of drug-likeness (QED) is 0.873. The molecule has 0 fully saturated rings. The predicted octanol–water partition coefficient (Wildman–Crippen LogP) is 2.77. The van der Waals surface area contributed by atoms with Crippen LogP contribution in [0.3, 0.4) is 0 Å². The van der Waals surface area contributed by atoms with E-state index in [1.165, 1.54) is 0 Å². The molecule has 0 aromatic heterocycles. The smallest absolute Gasteiger partial charge is 0.305 e. The lowest BCUT2D eigenvalue weighted by atomic mass is 9.99. The number of carboxylic acid groups (broad SMARTS) is 1. The van der Waals surface area contributed by atoms with Crippen LogP contribution in [0.4, 0.5) is 0 Å². The lowest BCUT2D eigenvalue weighted by molar-refractivity contribution is -0.138. The standard InChI is InChI=1S/C14H18ClNO3/c1-3-16(8-7-13(17)18)14(19)10(2)11-5-4-6-12(15)9-11/h4-6,9-10H,3,7-8H2,1-2H3,(H,17,18). The number of aliphatic carboxylic acids is 1. The molecule has 1 atom stereocenters. The average molecular weight is 284 g/mol. The molecule has 19 heavy (non-hydrogen) atoms. The van der Waals surface area contributed by atoms with E-state index in [4.69, 9.17) is 16.7 Å². The second-order valence-corrected chi connectivity index (χ2v) is 4.77. The normalized spacial score (nSPS) is 11.9. The number of benzene rings is 1. The molecule has 0 heterocycles. The van der Waals surface area contributed by atoms with Crippen LogP contribution in [-0.4, -0.2) is 35.0 Å². The van der Waals surface area contributed by atoms with E-state index >= 15 is 0 Å². The fourth-order valence-corrected chi connectivity index (χ4v) is 2.05. The maximum absolute atomic E-state index is 12.3. The summed E-state index contributed by atoms with van der Waals surface area (Å²) in [4.78, 5) is 24.4. The fraction of sp³-hybridized carbons (Fsp3) is 0.429. The van der Waals surface area contributed by atoms with Gasteiger partial charge in [-0.3, -0.25) is 9.59 Å². The lowest BCUT2D eigenvalue weighted by Crippen LogP contribution is -2.35. The second-order valence-electron chi connectivity index (χ2n) is 4.34. The Hall–Kier alpha value is -1.55. The van der Waals surface area contributed by atoms with E-state index in [2.05, 4.69) is 0 Å². The summed E-state index contributed by atoms with van der Waals surface area (Å²) in [6.45, 7) is 4.37. The van der Waals surface area contributed by atoms with Crippen LogP contribution in [0.2, 0.25) is 5.02 Å². The van der Waals surface area contributed by atoms with Crippen LogP contribution >= 0.6 is 11.6 Å². The predicted molar refractivity (Wildman–Crippen MR) is 74.4 cm³/mol.